The highest BCUT2D eigenvalue weighted by atomic mass is 19.2. The van der Waals surface area contributed by atoms with E-state index in [0.717, 1.165) is 6.07 Å². The van der Waals surface area contributed by atoms with E-state index >= 15 is 0 Å². The van der Waals surface area contributed by atoms with Crippen LogP contribution >= 0.6 is 0 Å². The van der Waals surface area contributed by atoms with Crippen LogP contribution in [0.25, 0.3) is 0 Å². The molecule has 0 heterocycles. The highest BCUT2D eigenvalue weighted by Gasteiger charge is 2.07. The van der Waals surface area contributed by atoms with Crippen molar-refractivity contribution in [2.24, 2.45) is 0 Å². The summed E-state index contributed by atoms with van der Waals surface area (Å²) in [5.74, 6) is 1.52. The van der Waals surface area contributed by atoms with Gasteiger partial charge in [-0.1, -0.05) is 11.8 Å². The average molecular weight is 240 g/mol. The number of hydrogen-bond donors (Lipinski definition) is 1. The van der Waals surface area contributed by atoms with Crippen molar-refractivity contribution in [1.29, 1.82) is 0 Å². The van der Waals surface area contributed by atoms with Crippen molar-refractivity contribution < 1.29 is 23.4 Å². The summed E-state index contributed by atoms with van der Waals surface area (Å²) in [5.41, 5.74) is -0.0757. The molecule has 1 aromatic rings. The van der Waals surface area contributed by atoms with Crippen molar-refractivity contribution in [3.8, 4) is 17.6 Å². The Morgan fingerprint density at radius 1 is 1.41 bits per heavy atom. The topological polar surface area (TPSA) is 46.5 Å². The van der Waals surface area contributed by atoms with Gasteiger partial charge in [-0.2, -0.15) is 0 Å². The maximum absolute atomic E-state index is 12.8. The van der Waals surface area contributed by atoms with Crippen LogP contribution in [0.3, 0.4) is 0 Å². The van der Waals surface area contributed by atoms with Gasteiger partial charge in [0.2, 0.25) is 0 Å². The van der Waals surface area contributed by atoms with Crippen molar-refractivity contribution >= 4 is 5.97 Å². The number of phenolic OH excluding ortho intramolecular Hbond substituents is 1. The molecule has 1 N–H and O–H groups in total. The molecule has 90 valence electrons. The van der Waals surface area contributed by atoms with Gasteiger partial charge in [-0.25, -0.2) is 8.78 Å². The molecule has 0 bridgehead atoms. The van der Waals surface area contributed by atoms with Crippen LogP contribution in [-0.2, 0) is 9.53 Å². The first-order chi connectivity index (χ1) is 8.04. The highest BCUT2D eigenvalue weighted by Crippen LogP contribution is 2.19. The first-order valence-electron chi connectivity index (χ1n) is 4.87. The second kappa shape index (κ2) is 5.85. The lowest BCUT2D eigenvalue weighted by Crippen LogP contribution is -2.01. The van der Waals surface area contributed by atoms with Crippen LogP contribution < -0.4 is 0 Å². The zero-order valence-electron chi connectivity index (χ0n) is 9.09. The summed E-state index contributed by atoms with van der Waals surface area (Å²) in [6, 6.07) is 1.40. The number of carbonyl (C=O) groups is 1. The van der Waals surface area contributed by atoms with Crippen LogP contribution in [0.2, 0.25) is 0 Å². The molecule has 0 spiro atoms. The largest absolute Gasteiger partial charge is 0.507 e. The quantitative estimate of drug-likeness (QED) is 0.635. The number of hydrogen-bond acceptors (Lipinski definition) is 3. The molecule has 0 radical (unpaired) electrons. The highest BCUT2D eigenvalue weighted by molar-refractivity contribution is 5.72. The Hall–Kier alpha value is -2.09. The van der Waals surface area contributed by atoms with Crippen LogP contribution in [0.1, 0.15) is 18.9 Å². The number of phenols is 1. The third-order valence-corrected chi connectivity index (χ3v) is 1.80. The molecule has 0 amide bonds. The summed E-state index contributed by atoms with van der Waals surface area (Å²) in [4.78, 5) is 10.9. The van der Waals surface area contributed by atoms with E-state index in [-0.39, 0.29) is 18.6 Å². The summed E-state index contributed by atoms with van der Waals surface area (Å²) >= 11 is 0. The molecule has 3 nitrogen and oxygen atoms in total. The molecule has 0 aliphatic rings. The Bertz CT molecular complexity index is 487. The van der Waals surface area contributed by atoms with Gasteiger partial charge in [0.1, 0.15) is 12.2 Å². The number of carbonyl (C=O) groups excluding carboxylic acids is 1. The van der Waals surface area contributed by atoms with Gasteiger partial charge in [0.05, 0.1) is 12.2 Å². The number of benzene rings is 1. The molecular formula is C12H10F2O3. The maximum Gasteiger partial charge on any atom is 0.317 e. The number of ether oxygens (including phenoxy) is 1. The molecule has 1 aromatic carbocycles. The lowest BCUT2D eigenvalue weighted by molar-refractivity contribution is -0.141. The van der Waals surface area contributed by atoms with Gasteiger partial charge in [-0.05, 0) is 13.0 Å². The van der Waals surface area contributed by atoms with Gasteiger partial charge in [0, 0.05) is 6.07 Å². The second-order valence-electron chi connectivity index (χ2n) is 3.07. The predicted molar refractivity (Wildman–Crippen MR) is 56.2 cm³/mol. The van der Waals surface area contributed by atoms with E-state index in [0.29, 0.717) is 6.07 Å². The van der Waals surface area contributed by atoms with Crippen molar-refractivity contribution in [3.05, 3.63) is 29.3 Å². The SMILES string of the molecule is CCOC(=O)CC#Cc1cc(F)c(F)cc1O. The average Bonchev–Trinajstić information content (AvgIpc) is 2.26. The van der Waals surface area contributed by atoms with Crippen molar-refractivity contribution in [1.82, 2.24) is 0 Å². The van der Waals surface area contributed by atoms with Crippen molar-refractivity contribution in [2.75, 3.05) is 6.61 Å². The van der Waals surface area contributed by atoms with Crippen LogP contribution in [0.4, 0.5) is 8.78 Å². The number of esters is 1. The van der Waals surface area contributed by atoms with Crippen LogP contribution in [0.15, 0.2) is 12.1 Å². The number of aromatic hydroxyl groups is 1. The molecule has 0 aliphatic heterocycles. The molecule has 0 aliphatic carbocycles. The first kappa shape index (κ1) is 13.0. The van der Waals surface area contributed by atoms with Crippen molar-refractivity contribution in [2.45, 2.75) is 13.3 Å². The van der Waals surface area contributed by atoms with E-state index in [1.807, 2.05) is 0 Å². The number of rotatable bonds is 2. The van der Waals surface area contributed by atoms with E-state index in [1.54, 1.807) is 6.92 Å². The van der Waals surface area contributed by atoms with E-state index in [9.17, 15) is 18.7 Å². The van der Waals surface area contributed by atoms with Gasteiger partial charge >= 0.3 is 5.97 Å². The lowest BCUT2D eigenvalue weighted by atomic mass is 10.2. The minimum Gasteiger partial charge on any atom is -0.507 e. The normalized spacial score (nSPS) is 9.35. The van der Waals surface area contributed by atoms with E-state index in [4.69, 9.17) is 0 Å². The monoisotopic (exact) mass is 240 g/mol. The molecule has 0 fully saturated rings. The fourth-order valence-electron chi connectivity index (χ4n) is 1.06. The Kier molecular flexibility index (Phi) is 4.46. The van der Waals surface area contributed by atoms with Crippen LogP contribution in [0, 0.1) is 23.5 Å². The molecule has 17 heavy (non-hydrogen) atoms. The first-order valence-corrected chi connectivity index (χ1v) is 4.87. The standard InChI is InChI=1S/C12H10F2O3/c1-2-17-12(16)5-3-4-8-6-9(13)10(14)7-11(8)15/h6-7,15H,2,5H2,1H3. The summed E-state index contributed by atoms with van der Waals surface area (Å²) in [5, 5.41) is 9.26. The smallest absolute Gasteiger partial charge is 0.317 e. The molecule has 0 saturated heterocycles. The number of halogens is 2. The zero-order chi connectivity index (χ0) is 12.8. The van der Waals surface area contributed by atoms with Gasteiger partial charge in [-0.3, -0.25) is 4.79 Å². The van der Waals surface area contributed by atoms with Crippen molar-refractivity contribution in [3.63, 3.8) is 0 Å². The summed E-state index contributed by atoms with van der Waals surface area (Å²) in [6.45, 7) is 1.91. The Morgan fingerprint density at radius 2 is 2.06 bits per heavy atom. The summed E-state index contributed by atoms with van der Waals surface area (Å²) in [7, 11) is 0. The molecule has 0 aromatic heterocycles. The van der Waals surface area contributed by atoms with E-state index in [1.165, 1.54) is 0 Å². The molecule has 0 saturated carbocycles. The molecule has 5 heteroatoms. The summed E-state index contributed by atoms with van der Waals surface area (Å²) in [6.07, 6.45) is -0.174. The lowest BCUT2D eigenvalue weighted by Gasteiger charge is -1.98. The Balaban J connectivity index is 2.79. The molecular weight excluding hydrogens is 230 g/mol. The van der Waals surface area contributed by atoms with Gasteiger partial charge in [-0.15, -0.1) is 0 Å². The van der Waals surface area contributed by atoms with Crippen LogP contribution in [-0.4, -0.2) is 17.7 Å². The fraction of sp³-hybridized carbons (Fsp3) is 0.250. The Labute approximate surface area is 97.0 Å². The predicted octanol–water partition coefficient (Wildman–Crippen LogP) is 1.98. The van der Waals surface area contributed by atoms with Gasteiger partial charge in [0.15, 0.2) is 11.6 Å². The third-order valence-electron chi connectivity index (χ3n) is 1.80. The molecule has 0 unspecified atom stereocenters. The van der Waals surface area contributed by atoms with Gasteiger partial charge < -0.3 is 9.84 Å². The minimum atomic E-state index is -1.15. The van der Waals surface area contributed by atoms with Gasteiger partial charge in [0.25, 0.3) is 0 Å². The second-order valence-corrected chi connectivity index (χ2v) is 3.07. The maximum atomic E-state index is 12.8. The third kappa shape index (κ3) is 3.76. The van der Waals surface area contributed by atoms with E-state index < -0.39 is 23.4 Å². The zero-order valence-corrected chi connectivity index (χ0v) is 9.09. The Morgan fingerprint density at radius 3 is 2.71 bits per heavy atom. The van der Waals surface area contributed by atoms with Crippen LogP contribution in [0.5, 0.6) is 5.75 Å². The minimum absolute atomic E-state index is 0.0757. The summed E-state index contributed by atoms with van der Waals surface area (Å²) < 4.78 is 30.1. The molecule has 1 rings (SSSR count). The fourth-order valence-corrected chi connectivity index (χ4v) is 1.06. The molecule has 0 atom stereocenters. The van der Waals surface area contributed by atoms with E-state index in [2.05, 4.69) is 16.6 Å².